The Hall–Kier alpha value is -2.33. The first-order valence-electron chi connectivity index (χ1n) is 14.1. The number of nitrogens with zero attached hydrogens (tertiary/aromatic N) is 1. The van der Waals surface area contributed by atoms with E-state index >= 15 is 0 Å². The fourth-order valence-corrected chi connectivity index (χ4v) is 4.80. The summed E-state index contributed by atoms with van der Waals surface area (Å²) in [5, 5.41) is 0. The Labute approximate surface area is 220 Å². The number of ether oxygens (including phenoxy) is 2. The average Bonchev–Trinajstić information content (AvgIpc) is 2.84. The van der Waals surface area contributed by atoms with Crippen molar-refractivity contribution in [1.82, 2.24) is 0 Å². The van der Waals surface area contributed by atoms with E-state index < -0.39 is 0 Å². The molecule has 0 spiro atoms. The van der Waals surface area contributed by atoms with Crippen LogP contribution in [0.15, 0.2) is 54.6 Å². The number of rotatable bonds is 18. The summed E-state index contributed by atoms with van der Waals surface area (Å²) >= 11 is 0. The average molecular weight is 497 g/mol. The van der Waals surface area contributed by atoms with E-state index in [1.807, 2.05) is 26.0 Å². The van der Waals surface area contributed by atoms with Gasteiger partial charge in [0.25, 0.3) is 0 Å². The molecule has 2 aromatic rings. The maximum atomic E-state index is 12.6. The van der Waals surface area contributed by atoms with E-state index in [4.69, 9.17) is 9.47 Å². The van der Waals surface area contributed by atoms with Gasteiger partial charge in [0.05, 0.1) is 20.6 Å². The summed E-state index contributed by atoms with van der Waals surface area (Å²) < 4.78 is 12.4. The van der Waals surface area contributed by atoms with Gasteiger partial charge in [-0.3, -0.25) is 4.79 Å². The van der Waals surface area contributed by atoms with Crippen LogP contribution in [0.4, 0.5) is 0 Å². The van der Waals surface area contributed by atoms with Gasteiger partial charge in [-0.25, -0.2) is 0 Å². The van der Waals surface area contributed by atoms with Crippen molar-refractivity contribution in [3.63, 3.8) is 0 Å². The quantitative estimate of drug-likeness (QED) is 0.121. The van der Waals surface area contributed by atoms with E-state index in [0.717, 1.165) is 29.7 Å². The summed E-state index contributed by atoms with van der Waals surface area (Å²) in [7, 11) is 4.31. The number of benzene rings is 2. The zero-order valence-electron chi connectivity index (χ0n) is 23.5. The number of hydrogen-bond acceptors (Lipinski definition) is 3. The molecule has 2 unspecified atom stereocenters. The predicted octanol–water partition coefficient (Wildman–Crippen LogP) is 7.59. The molecule has 0 aliphatic carbocycles. The van der Waals surface area contributed by atoms with Crippen LogP contribution >= 0.6 is 0 Å². The van der Waals surface area contributed by atoms with Crippen LogP contribution in [-0.4, -0.2) is 43.8 Å². The van der Waals surface area contributed by atoms with Crippen molar-refractivity contribution < 1.29 is 18.8 Å². The van der Waals surface area contributed by atoms with E-state index in [1.165, 1.54) is 62.5 Å². The summed E-state index contributed by atoms with van der Waals surface area (Å²) in [6, 6.07) is 18.8. The summed E-state index contributed by atoms with van der Waals surface area (Å²) in [5.74, 6) is 0.517. The van der Waals surface area contributed by atoms with Gasteiger partial charge in [0, 0.05) is 5.56 Å². The molecule has 4 nitrogen and oxygen atoms in total. The molecule has 2 aromatic carbocycles. The van der Waals surface area contributed by atoms with Crippen molar-refractivity contribution in [3.05, 3.63) is 65.7 Å². The summed E-state index contributed by atoms with van der Waals surface area (Å²) in [4.78, 5) is 12.6. The number of carbonyl (C=O) groups excluding carboxylic acids is 1. The van der Waals surface area contributed by atoms with Gasteiger partial charge in [0.15, 0.2) is 0 Å². The Balaban J connectivity index is 1.68. The molecule has 0 radical (unpaired) electrons. The van der Waals surface area contributed by atoms with Crippen LogP contribution in [0.2, 0.25) is 0 Å². The molecule has 36 heavy (non-hydrogen) atoms. The second-order valence-corrected chi connectivity index (χ2v) is 11.1. The lowest BCUT2D eigenvalue weighted by Crippen LogP contribution is -2.44. The zero-order valence-corrected chi connectivity index (χ0v) is 23.5. The lowest BCUT2D eigenvalue weighted by Gasteiger charge is -2.32. The molecule has 0 heterocycles. The van der Waals surface area contributed by atoms with Crippen molar-refractivity contribution in [1.29, 1.82) is 0 Å². The van der Waals surface area contributed by atoms with E-state index in [0.29, 0.717) is 0 Å². The van der Waals surface area contributed by atoms with Gasteiger partial charge in [-0.15, -0.1) is 0 Å². The van der Waals surface area contributed by atoms with Crippen LogP contribution < -0.4 is 4.74 Å². The van der Waals surface area contributed by atoms with Crippen LogP contribution in [0.1, 0.15) is 83.3 Å². The zero-order chi connectivity index (χ0) is 26.2. The molecule has 4 heteroatoms. The van der Waals surface area contributed by atoms with Gasteiger partial charge < -0.3 is 14.0 Å². The fraction of sp³-hybridized carbons (Fsp3) is 0.594. The van der Waals surface area contributed by atoms with Gasteiger partial charge in [-0.05, 0) is 44.4 Å². The fourth-order valence-electron chi connectivity index (χ4n) is 4.80. The third kappa shape index (κ3) is 12.6. The van der Waals surface area contributed by atoms with Crippen molar-refractivity contribution in [2.24, 2.45) is 5.92 Å². The van der Waals surface area contributed by atoms with E-state index in [9.17, 15) is 4.79 Å². The lowest BCUT2D eigenvalue weighted by atomic mass is 10.0. The number of esters is 1. The Morgan fingerprint density at radius 1 is 0.833 bits per heavy atom. The Bertz CT molecular complexity index is 865. The minimum absolute atomic E-state index is 0.159. The monoisotopic (exact) mass is 496 g/mol. The first-order chi connectivity index (χ1) is 17.3. The molecule has 0 saturated heterocycles. The first-order valence-corrected chi connectivity index (χ1v) is 14.1. The molecule has 200 valence electrons. The van der Waals surface area contributed by atoms with Crippen molar-refractivity contribution in [3.8, 4) is 5.75 Å². The number of quaternary nitrogens is 1. The molecule has 0 aliphatic heterocycles. The molecule has 0 N–H and O–H groups in total. The van der Waals surface area contributed by atoms with Gasteiger partial charge in [0.2, 0.25) is 0 Å². The summed E-state index contributed by atoms with van der Waals surface area (Å²) in [6.45, 7) is 8.04. The highest BCUT2D eigenvalue weighted by Crippen LogP contribution is 2.18. The third-order valence-corrected chi connectivity index (χ3v) is 6.64. The third-order valence-electron chi connectivity index (χ3n) is 6.64. The predicted molar refractivity (Wildman–Crippen MR) is 150 cm³/mol. The first kappa shape index (κ1) is 29.9. The molecule has 0 aromatic heterocycles. The molecule has 0 amide bonds. The molecule has 0 aliphatic rings. The Morgan fingerprint density at radius 2 is 1.47 bits per heavy atom. The van der Waals surface area contributed by atoms with Gasteiger partial charge >= 0.3 is 5.97 Å². The van der Waals surface area contributed by atoms with E-state index in [1.54, 1.807) is 0 Å². The summed E-state index contributed by atoms with van der Waals surface area (Å²) in [5.41, 5.74) is 2.59. The minimum Gasteiger partial charge on any atom is -0.487 e. The normalized spacial score (nSPS) is 13.2. The minimum atomic E-state index is -0.189. The molecule has 2 rings (SSSR count). The smallest absolute Gasteiger partial charge is 0.314 e. The number of carbonyl (C=O) groups is 1. The maximum absolute atomic E-state index is 12.6. The van der Waals surface area contributed by atoms with Crippen LogP contribution in [-0.2, 0) is 22.5 Å². The molecular formula is C32H50NO3+. The highest BCUT2D eigenvalue weighted by Gasteiger charge is 2.26. The van der Waals surface area contributed by atoms with Gasteiger partial charge in [-0.2, -0.15) is 0 Å². The van der Waals surface area contributed by atoms with Crippen molar-refractivity contribution in [2.45, 2.75) is 91.2 Å². The number of aryl methyl sites for hydroxylation is 1. The highest BCUT2D eigenvalue weighted by atomic mass is 16.6. The number of unbranched alkanes of at least 4 members (excludes halogenated alkanes) is 7. The van der Waals surface area contributed by atoms with Crippen LogP contribution in [0.3, 0.4) is 0 Å². The SMILES string of the molecule is CCCCCCCCCCc1cccc(OC(C)COC(=O)C(C)C[N+](C)(C)Cc2ccccc2)c1. The van der Waals surface area contributed by atoms with Crippen molar-refractivity contribution >= 4 is 5.97 Å². The van der Waals surface area contributed by atoms with Crippen molar-refractivity contribution in [2.75, 3.05) is 27.2 Å². The van der Waals surface area contributed by atoms with Gasteiger partial charge in [0.1, 0.15) is 30.9 Å². The molecule has 0 saturated carbocycles. The molecule has 0 fully saturated rings. The van der Waals surface area contributed by atoms with Crippen LogP contribution in [0.25, 0.3) is 0 Å². The molecule has 2 atom stereocenters. The van der Waals surface area contributed by atoms with Crippen LogP contribution in [0.5, 0.6) is 5.75 Å². The lowest BCUT2D eigenvalue weighted by molar-refractivity contribution is -0.905. The highest BCUT2D eigenvalue weighted by molar-refractivity contribution is 5.72. The molecule has 0 bridgehead atoms. The summed E-state index contributed by atoms with van der Waals surface area (Å²) in [6.07, 6.45) is 11.6. The van der Waals surface area contributed by atoms with Gasteiger partial charge in [-0.1, -0.05) is 94.3 Å². The van der Waals surface area contributed by atoms with E-state index in [2.05, 4.69) is 63.5 Å². The topological polar surface area (TPSA) is 35.5 Å². The van der Waals surface area contributed by atoms with E-state index in [-0.39, 0.29) is 24.6 Å². The maximum Gasteiger partial charge on any atom is 0.314 e. The Morgan fingerprint density at radius 3 is 2.17 bits per heavy atom. The number of hydrogen-bond donors (Lipinski definition) is 0. The largest absolute Gasteiger partial charge is 0.487 e. The standard InChI is InChI=1S/C32H50NO3/c1-6-7-8-9-10-11-12-14-18-29-21-17-22-31(23-29)36-28(3)26-35-32(34)27(2)24-33(4,5)25-30-19-15-13-16-20-30/h13,15-17,19-23,27-28H,6-12,14,18,24-26H2,1-5H3/q+1. The molecular weight excluding hydrogens is 446 g/mol. The second-order valence-electron chi connectivity index (χ2n) is 11.1. The second kappa shape index (κ2) is 16.4. The Kier molecular flexibility index (Phi) is 13.6. The van der Waals surface area contributed by atoms with Crippen LogP contribution in [0, 0.1) is 5.92 Å².